The molecule has 0 aliphatic carbocycles. The molecule has 8 heteroatoms. The number of ether oxygens (including phenoxy) is 1. The smallest absolute Gasteiger partial charge is 0.363 e. The minimum Gasteiger partial charge on any atom is -0.367 e. The van der Waals surface area contributed by atoms with Crippen molar-refractivity contribution in [1.82, 2.24) is 4.74 Å². The highest BCUT2D eigenvalue weighted by molar-refractivity contribution is 14.1. The molecule has 0 spiro atoms. The van der Waals surface area contributed by atoms with Crippen molar-refractivity contribution >= 4 is 34.2 Å². The Morgan fingerprint density at radius 1 is 1.33 bits per heavy atom. The molecule has 0 saturated heterocycles. The normalized spacial score (nSPS) is 19.8. The summed E-state index contributed by atoms with van der Waals surface area (Å²) in [6.07, 6.45) is 0. The third-order valence-electron chi connectivity index (χ3n) is 4.24. The molecule has 0 fully saturated rings. The largest absolute Gasteiger partial charge is 0.367 e. The van der Waals surface area contributed by atoms with E-state index in [9.17, 15) is 14.0 Å². The van der Waals surface area contributed by atoms with Crippen LogP contribution >= 0.6 is 22.6 Å². The summed E-state index contributed by atoms with van der Waals surface area (Å²) in [6, 6.07) is 4.58. The average molecular weight is 442 g/mol. The van der Waals surface area contributed by atoms with Gasteiger partial charge in [-0.1, -0.05) is 6.07 Å². The maximum absolute atomic E-state index is 13.7. The van der Waals surface area contributed by atoms with Gasteiger partial charge in [0, 0.05) is 16.2 Å². The van der Waals surface area contributed by atoms with Gasteiger partial charge in [-0.25, -0.2) is 9.18 Å². The summed E-state index contributed by atoms with van der Waals surface area (Å²) < 4.78 is 25.9. The van der Waals surface area contributed by atoms with E-state index in [4.69, 9.17) is 9.26 Å². The number of Topliss-reactive ketones (excluding diaryl/α,β-unsaturated/α-hetero) is 1. The van der Waals surface area contributed by atoms with Gasteiger partial charge in [0.05, 0.1) is 23.8 Å². The van der Waals surface area contributed by atoms with Crippen molar-refractivity contribution < 1.29 is 18.4 Å². The first-order valence-electron chi connectivity index (χ1n) is 7.23. The Kier molecular flexibility index (Phi) is 3.61. The first-order chi connectivity index (χ1) is 11.5. The fourth-order valence-corrected chi connectivity index (χ4v) is 3.75. The van der Waals surface area contributed by atoms with Gasteiger partial charge in [0.15, 0.2) is 11.6 Å². The zero-order valence-corrected chi connectivity index (χ0v) is 14.7. The number of benzene rings is 1. The molecule has 0 saturated carbocycles. The van der Waals surface area contributed by atoms with Gasteiger partial charge >= 0.3 is 5.63 Å². The number of fused-ring (bicyclic) bond motifs is 1. The SMILES string of the molecule is Cn1oc(=O)c2c1NC1=C(C(=O)COC1)C2c1ccc(F)c(I)c1. The summed E-state index contributed by atoms with van der Waals surface area (Å²) in [5.41, 5.74) is 1.60. The number of nitrogens with one attached hydrogen (secondary N) is 1. The number of carbonyl (C=O) groups is 1. The van der Waals surface area contributed by atoms with E-state index in [1.807, 2.05) is 22.6 Å². The van der Waals surface area contributed by atoms with Crippen LogP contribution in [0.2, 0.25) is 0 Å². The highest BCUT2D eigenvalue weighted by Crippen LogP contribution is 2.42. The Morgan fingerprint density at radius 3 is 2.88 bits per heavy atom. The molecular formula is C16H12FIN2O4. The highest BCUT2D eigenvalue weighted by atomic mass is 127. The van der Waals surface area contributed by atoms with E-state index in [1.54, 1.807) is 19.2 Å². The number of rotatable bonds is 1. The van der Waals surface area contributed by atoms with E-state index in [0.717, 1.165) is 0 Å². The van der Waals surface area contributed by atoms with Gasteiger partial charge < -0.3 is 14.6 Å². The summed E-state index contributed by atoms with van der Waals surface area (Å²) in [6.45, 7) is 0.206. The number of hydrogen-bond acceptors (Lipinski definition) is 5. The zero-order chi connectivity index (χ0) is 17.0. The molecule has 3 heterocycles. The topological polar surface area (TPSA) is 73.5 Å². The summed E-state index contributed by atoms with van der Waals surface area (Å²) in [7, 11) is 1.61. The molecule has 0 radical (unpaired) electrons. The lowest BCUT2D eigenvalue weighted by molar-refractivity contribution is -0.121. The molecule has 1 aromatic carbocycles. The number of aryl methyl sites for hydroxylation is 1. The predicted molar refractivity (Wildman–Crippen MR) is 91.4 cm³/mol. The monoisotopic (exact) mass is 442 g/mol. The molecule has 4 rings (SSSR count). The van der Waals surface area contributed by atoms with E-state index < -0.39 is 11.5 Å². The third kappa shape index (κ3) is 2.24. The summed E-state index contributed by atoms with van der Waals surface area (Å²) in [5.74, 6) is -0.649. The van der Waals surface area contributed by atoms with Crippen molar-refractivity contribution in [3.63, 3.8) is 0 Å². The van der Waals surface area contributed by atoms with Crippen LogP contribution in [0.4, 0.5) is 10.2 Å². The maximum Gasteiger partial charge on any atom is 0.363 e. The van der Waals surface area contributed by atoms with E-state index in [1.165, 1.54) is 10.8 Å². The van der Waals surface area contributed by atoms with Crippen LogP contribution in [0.25, 0.3) is 0 Å². The number of halogens is 2. The van der Waals surface area contributed by atoms with Gasteiger partial charge in [-0.05, 0) is 40.3 Å². The van der Waals surface area contributed by atoms with Gasteiger partial charge in [0.25, 0.3) is 0 Å². The second-order valence-electron chi connectivity index (χ2n) is 5.68. The van der Waals surface area contributed by atoms with Crippen LogP contribution in [0.5, 0.6) is 0 Å². The van der Waals surface area contributed by atoms with Crippen LogP contribution in [-0.4, -0.2) is 23.7 Å². The number of anilines is 1. The minimum atomic E-state index is -0.598. The van der Waals surface area contributed by atoms with Gasteiger partial charge in [0.1, 0.15) is 12.4 Å². The van der Waals surface area contributed by atoms with Crippen LogP contribution in [0, 0.1) is 9.39 Å². The molecule has 2 aliphatic rings. The summed E-state index contributed by atoms with van der Waals surface area (Å²) in [4.78, 5) is 24.8. The van der Waals surface area contributed by atoms with E-state index in [-0.39, 0.29) is 24.8 Å². The lowest BCUT2D eigenvalue weighted by Crippen LogP contribution is -2.34. The van der Waals surface area contributed by atoms with Gasteiger partial charge in [-0.2, -0.15) is 4.74 Å². The molecule has 2 aromatic rings. The molecule has 0 bridgehead atoms. The third-order valence-corrected chi connectivity index (χ3v) is 5.07. The first kappa shape index (κ1) is 15.6. The molecule has 24 heavy (non-hydrogen) atoms. The Hall–Kier alpha value is -1.94. The molecule has 1 unspecified atom stereocenters. The lowest BCUT2D eigenvalue weighted by atomic mass is 9.80. The summed E-state index contributed by atoms with van der Waals surface area (Å²) >= 11 is 1.89. The van der Waals surface area contributed by atoms with E-state index >= 15 is 0 Å². The van der Waals surface area contributed by atoms with E-state index in [2.05, 4.69) is 5.32 Å². The van der Waals surface area contributed by atoms with Crippen molar-refractivity contribution in [2.75, 3.05) is 18.5 Å². The van der Waals surface area contributed by atoms with Crippen molar-refractivity contribution in [2.24, 2.45) is 7.05 Å². The standard InChI is InChI=1S/C16H12FIN2O4/c1-20-15-14(16(22)24-20)12(7-2-3-8(17)9(18)4-7)13-10(19-15)5-23-6-11(13)21/h2-4,12,19H,5-6H2,1H3. The van der Waals surface area contributed by atoms with Crippen LogP contribution in [0.15, 0.2) is 38.8 Å². The maximum atomic E-state index is 13.7. The fraction of sp³-hybridized carbons (Fsp3) is 0.250. The first-order valence-corrected chi connectivity index (χ1v) is 8.31. The van der Waals surface area contributed by atoms with Gasteiger partial charge in [-0.3, -0.25) is 4.79 Å². The molecular weight excluding hydrogens is 430 g/mol. The van der Waals surface area contributed by atoms with Crippen LogP contribution in [-0.2, 0) is 16.6 Å². The number of hydrogen-bond donors (Lipinski definition) is 1. The second kappa shape index (κ2) is 5.55. The van der Waals surface area contributed by atoms with Gasteiger partial charge in [0.2, 0.25) is 0 Å². The fourth-order valence-electron chi connectivity index (χ4n) is 3.21. The molecule has 124 valence electrons. The average Bonchev–Trinajstić information content (AvgIpc) is 2.83. The molecule has 1 N–H and O–H groups in total. The number of nitrogens with zero attached hydrogens (tertiary/aromatic N) is 1. The second-order valence-corrected chi connectivity index (χ2v) is 6.84. The highest BCUT2D eigenvalue weighted by Gasteiger charge is 2.39. The molecule has 2 aliphatic heterocycles. The van der Waals surface area contributed by atoms with Crippen molar-refractivity contribution in [3.05, 3.63) is 60.4 Å². The lowest BCUT2D eigenvalue weighted by Gasteiger charge is -2.31. The minimum absolute atomic E-state index is 0.0389. The Morgan fingerprint density at radius 2 is 2.12 bits per heavy atom. The summed E-state index contributed by atoms with van der Waals surface area (Å²) in [5, 5.41) is 3.07. The predicted octanol–water partition coefficient (Wildman–Crippen LogP) is 2.13. The zero-order valence-electron chi connectivity index (χ0n) is 12.6. The van der Waals surface area contributed by atoms with Crippen LogP contribution in [0.3, 0.4) is 0 Å². The van der Waals surface area contributed by atoms with Crippen LogP contribution in [0.1, 0.15) is 17.0 Å². The number of ketones is 1. The van der Waals surface area contributed by atoms with E-state index in [0.29, 0.717) is 31.8 Å². The quantitative estimate of drug-likeness (QED) is 0.686. The van der Waals surface area contributed by atoms with Crippen molar-refractivity contribution in [3.8, 4) is 0 Å². The number of carbonyl (C=O) groups excluding carboxylic acids is 1. The van der Waals surface area contributed by atoms with Crippen LogP contribution < -0.4 is 10.9 Å². The number of aromatic nitrogens is 1. The molecule has 0 amide bonds. The Balaban J connectivity index is 2.00. The van der Waals surface area contributed by atoms with Crippen molar-refractivity contribution in [1.29, 1.82) is 0 Å². The van der Waals surface area contributed by atoms with Crippen molar-refractivity contribution in [2.45, 2.75) is 5.92 Å². The molecule has 6 nitrogen and oxygen atoms in total. The molecule has 1 atom stereocenters. The molecule has 1 aromatic heterocycles. The van der Waals surface area contributed by atoms with Gasteiger partial charge in [-0.15, -0.1) is 0 Å². The Bertz CT molecular complexity index is 959. The Labute approximate surface area is 149 Å².